The quantitative estimate of drug-likeness (QED) is 0.677. The number of nitrogens with one attached hydrogen (secondary N) is 1. The average Bonchev–Trinajstić information content (AvgIpc) is 3.06. The van der Waals surface area contributed by atoms with Gasteiger partial charge in [0.05, 0.1) is 17.0 Å². The molecule has 2 amide bonds. The highest BCUT2D eigenvalue weighted by atomic mass is 32.2. The molecule has 0 aliphatic carbocycles. The number of amides is 2. The maximum absolute atomic E-state index is 12.6. The summed E-state index contributed by atoms with van der Waals surface area (Å²) in [5.74, 6) is -1.46. The Kier molecular flexibility index (Phi) is 6.06. The molecule has 0 bridgehead atoms. The molecule has 1 aliphatic heterocycles. The number of carbonyl (C=O) groups excluding carboxylic acids is 2. The molecule has 9 nitrogen and oxygen atoms in total. The van der Waals surface area contributed by atoms with Crippen LogP contribution in [0.15, 0.2) is 53.4 Å². The van der Waals surface area contributed by atoms with Crippen molar-refractivity contribution in [3.8, 4) is 0 Å². The first-order valence-electron chi connectivity index (χ1n) is 8.97. The largest absolute Gasteiger partial charge is 0.478 e. The van der Waals surface area contributed by atoms with Gasteiger partial charge in [-0.3, -0.25) is 9.69 Å². The average molecular weight is 432 g/mol. The van der Waals surface area contributed by atoms with Crippen molar-refractivity contribution in [1.29, 1.82) is 0 Å². The van der Waals surface area contributed by atoms with Crippen LogP contribution in [-0.4, -0.2) is 55.3 Å². The first-order valence-corrected chi connectivity index (χ1v) is 10.9. The Bertz CT molecular complexity index is 1060. The molecule has 158 valence electrons. The smallest absolute Gasteiger partial charge is 0.410 e. The molecule has 2 N–H and O–H groups in total. The maximum Gasteiger partial charge on any atom is 0.410 e. The fourth-order valence-electron chi connectivity index (χ4n) is 2.95. The summed E-state index contributed by atoms with van der Waals surface area (Å²) in [6, 6.07) is 11.3. The molecule has 10 heteroatoms. The SMILES string of the molecule is CS(=O)(=O)c1ccc(CNC(=O)[C@@H]2COC(=O)N2Cc2ccc(C(=O)O)cc2)cc1. The lowest BCUT2D eigenvalue weighted by molar-refractivity contribution is -0.125. The molecular formula is C20H20N2O7S. The minimum absolute atomic E-state index is 0.0924. The molecule has 1 aliphatic rings. The number of benzene rings is 2. The Morgan fingerprint density at radius 3 is 2.27 bits per heavy atom. The number of carbonyl (C=O) groups is 3. The molecule has 1 saturated heterocycles. The summed E-state index contributed by atoms with van der Waals surface area (Å²) >= 11 is 0. The lowest BCUT2D eigenvalue weighted by atomic mass is 10.1. The van der Waals surface area contributed by atoms with Crippen molar-refractivity contribution in [3.63, 3.8) is 0 Å². The summed E-state index contributed by atoms with van der Waals surface area (Å²) in [5, 5.41) is 11.7. The number of hydrogen-bond acceptors (Lipinski definition) is 6. The van der Waals surface area contributed by atoms with E-state index in [1.807, 2.05) is 0 Å². The van der Waals surface area contributed by atoms with Gasteiger partial charge in [0.15, 0.2) is 9.84 Å². The molecule has 0 spiro atoms. The molecule has 2 aromatic carbocycles. The zero-order chi connectivity index (χ0) is 21.9. The van der Waals surface area contributed by atoms with Crippen molar-refractivity contribution in [1.82, 2.24) is 10.2 Å². The van der Waals surface area contributed by atoms with Crippen molar-refractivity contribution in [3.05, 3.63) is 65.2 Å². The third kappa shape index (κ3) is 4.95. The molecule has 0 aromatic heterocycles. The second-order valence-corrected chi connectivity index (χ2v) is 8.87. The van der Waals surface area contributed by atoms with Crippen LogP contribution in [0.5, 0.6) is 0 Å². The summed E-state index contributed by atoms with van der Waals surface area (Å²) in [6.45, 7) is 0.166. The zero-order valence-electron chi connectivity index (χ0n) is 16.1. The van der Waals surface area contributed by atoms with E-state index in [4.69, 9.17) is 9.84 Å². The molecule has 0 radical (unpaired) electrons. The lowest BCUT2D eigenvalue weighted by Crippen LogP contribution is -2.45. The van der Waals surface area contributed by atoms with Gasteiger partial charge in [-0.2, -0.15) is 0 Å². The molecular weight excluding hydrogens is 412 g/mol. The number of carboxylic acid groups (broad SMARTS) is 1. The Balaban J connectivity index is 1.62. The number of aromatic carboxylic acids is 1. The molecule has 30 heavy (non-hydrogen) atoms. The first-order chi connectivity index (χ1) is 14.1. The summed E-state index contributed by atoms with van der Waals surface area (Å²) in [4.78, 5) is 37.0. The minimum atomic E-state index is -3.30. The van der Waals surface area contributed by atoms with Crippen molar-refractivity contribution in [2.75, 3.05) is 12.9 Å². The van der Waals surface area contributed by atoms with Crippen LogP contribution in [0.4, 0.5) is 4.79 Å². The van der Waals surface area contributed by atoms with Crippen LogP contribution in [0.2, 0.25) is 0 Å². The van der Waals surface area contributed by atoms with Crippen LogP contribution in [-0.2, 0) is 32.5 Å². The Labute approximate surface area is 173 Å². The lowest BCUT2D eigenvalue weighted by Gasteiger charge is -2.21. The first kappa shape index (κ1) is 21.3. The highest BCUT2D eigenvalue weighted by Crippen LogP contribution is 2.18. The van der Waals surface area contributed by atoms with E-state index in [0.717, 1.165) is 6.26 Å². The van der Waals surface area contributed by atoms with E-state index < -0.39 is 33.8 Å². The third-order valence-electron chi connectivity index (χ3n) is 4.65. The van der Waals surface area contributed by atoms with Gasteiger partial charge in [-0.15, -0.1) is 0 Å². The second-order valence-electron chi connectivity index (χ2n) is 6.86. The van der Waals surface area contributed by atoms with Crippen LogP contribution in [0.1, 0.15) is 21.5 Å². The number of cyclic esters (lactones) is 1. The van der Waals surface area contributed by atoms with Crippen molar-refractivity contribution < 1.29 is 32.6 Å². The maximum atomic E-state index is 12.6. The van der Waals surface area contributed by atoms with Crippen molar-refractivity contribution in [2.24, 2.45) is 0 Å². The molecule has 1 heterocycles. The van der Waals surface area contributed by atoms with Gasteiger partial charge < -0.3 is 15.2 Å². The number of carboxylic acids is 1. The number of rotatable bonds is 7. The number of hydrogen-bond donors (Lipinski definition) is 2. The van der Waals surface area contributed by atoms with E-state index in [9.17, 15) is 22.8 Å². The molecule has 0 saturated carbocycles. The van der Waals surface area contributed by atoms with Crippen LogP contribution in [0.25, 0.3) is 0 Å². The number of sulfone groups is 1. The van der Waals surface area contributed by atoms with Crippen LogP contribution in [0, 0.1) is 0 Å². The summed E-state index contributed by atoms with van der Waals surface area (Å²) in [6.07, 6.45) is 0.486. The highest BCUT2D eigenvalue weighted by Gasteiger charge is 2.37. The van der Waals surface area contributed by atoms with Crippen LogP contribution in [0.3, 0.4) is 0 Å². The number of nitrogens with zero attached hydrogens (tertiary/aromatic N) is 1. The van der Waals surface area contributed by atoms with Crippen molar-refractivity contribution in [2.45, 2.75) is 24.0 Å². The van der Waals surface area contributed by atoms with Crippen LogP contribution >= 0.6 is 0 Å². The molecule has 1 atom stereocenters. The minimum Gasteiger partial charge on any atom is -0.478 e. The third-order valence-corrected chi connectivity index (χ3v) is 5.78. The summed E-state index contributed by atoms with van der Waals surface area (Å²) < 4.78 is 28.0. The van der Waals surface area contributed by atoms with E-state index >= 15 is 0 Å². The predicted molar refractivity (Wildman–Crippen MR) is 105 cm³/mol. The molecule has 3 rings (SSSR count). The normalized spacial score (nSPS) is 16.2. The van der Waals surface area contributed by atoms with Crippen molar-refractivity contribution >= 4 is 27.8 Å². The molecule has 2 aromatic rings. The highest BCUT2D eigenvalue weighted by molar-refractivity contribution is 7.90. The topological polar surface area (TPSA) is 130 Å². The van der Waals surface area contributed by atoms with Gasteiger partial charge in [-0.25, -0.2) is 18.0 Å². The zero-order valence-corrected chi connectivity index (χ0v) is 16.9. The monoisotopic (exact) mass is 432 g/mol. The van der Waals surface area contributed by atoms with Gasteiger partial charge in [0.25, 0.3) is 0 Å². The molecule has 1 fully saturated rings. The van der Waals surface area contributed by atoms with Gasteiger partial charge >= 0.3 is 12.1 Å². The van der Waals surface area contributed by atoms with Gasteiger partial charge in [0.1, 0.15) is 12.6 Å². The van der Waals surface area contributed by atoms with Gasteiger partial charge in [-0.1, -0.05) is 24.3 Å². The Hall–Kier alpha value is -3.40. The fraction of sp³-hybridized carbons (Fsp3) is 0.250. The standard InChI is InChI=1S/C20H20N2O7S/c1-30(27,28)16-8-4-13(5-9-16)10-21-18(23)17-12-29-20(26)22(17)11-14-2-6-15(7-3-14)19(24)25/h2-9,17H,10-12H2,1H3,(H,21,23)(H,24,25)/t17-/m0/s1. The van der Waals surface area contributed by atoms with E-state index in [1.54, 1.807) is 24.3 Å². The summed E-state index contributed by atoms with van der Waals surface area (Å²) in [7, 11) is -3.30. The van der Waals surface area contributed by atoms with Crippen LogP contribution < -0.4 is 5.32 Å². The van der Waals surface area contributed by atoms with E-state index in [0.29, 0.717) is 11.1 Å². The second kappa shape index (κ2) is 8.54. The number of ether oxygens (including phenoxy) is 1. The van der Waals surface area contributed by atoms with E-state index in [-0.39, 0.29) is 30.2 Å². The van der Waals surface area contributed by atoms with E-state index in [2.05, 4.69) is 5.32 Å². The van der Waals surface area contributed by atoms with E-state index in [1.165, 1.54) is 29.2 Å². The van der Waals surface area contributed by atoms with Gasteiger partial charge in [0, 0.05) is 12.8 Å². The fourth-order valence-corrected chi connectivity index (χ4v) is 3.58. The van der Waals surface area contributed by atoms with Gasteiger partial charge in [-0.05, 0) is 35.4 Å². The molecule has 0 unspecified atom stereocenters. The predicted octanol–water partition coefficient (Wildman–Crippen LogP) is 1.43. The Morgan fingerprint density at radius 1 is 1.10 bits per heavy atom. The summed E-state index contributed by atoms with van der Waals surface area (Å²) in [5.41, 5.74) is 1.49. The Morgan fingerprint density at radius 2 is 1.70 bits per heavy atom. The van der Waals surface area contributed by atoms with Gasteiger partial charge in [0.2, 0.25) is 5.91 Å².